The van der Waals surface area contributed by atoms with Crippen molar-refractivity contribution in [2.24, 2.45) is 0 Å². The molecule has 0 spiro atoms. The smallest absolute Gasteiger partial charge is 0.328 e. The first-order chi connectivity index (χ1) is 6.16. The van der Waals surface area contributed by atoms with Crippen LogP contribution >= 0.6 is 0 Å². The number of rotatable bonds is 2. The molecule has 1 atom stereocenters. The maximum atomic E-state index is 9.96. The Morgan fingerprint density at radius 1 is 1.54 bits per heavy atom. The fraction of sp³-hybridized carbons (Fsp3) is 0.300. The van der Waals surface area contributed by atoms with Crippen molar-refractivity contribution in [1.82, 2.24) is 0 Å². The zero-order chi connectivity index (χ0) is 10.1. The van der Waals surface area contributed by atoms with Gasteiger partial charge in [0, 0.05) is 6.08 Å². The molecular weight excluding hydrogens is 168 g/mol. The van der Waals surface area contributed by atoms with Crippen LogP contribution in [-0.2, 0) is 4.79 Å². The predicted octanol–water partition coefficient (Wildman–Crippen LogP) is 0.405. The van der Waals surface area contributed by atoms with E-state index in [2.05, 4.69) is 23.7 Å². The summed E-state index contributed by atoms with van der Waals surface area (Å²) in [7, 11) is 0. The third-order valence-electron chi connectivity index (χ3n) is 1.07. The number of hydrogen-bond acceptors (Lipinski definition) is 2. The van der Waals surface area contributed by atoms with Crippen molar-refractivity contribution in [2.75, 3.05) is 0 Å². The van der Waals surface area contributed by atoms with E-state index in [-0.39, 0.29) is 0 Å². The summed E-state index contributed by atoms with van der Waals surface area (Å²) in [5, 5.41) is 17.1. The van der Waals surface area contributed by atoms with Crippen LogP contribution in [0.15, 0.2) is 12.2 Å². The van der Waals surface area contributed by atoms with Gasteiger partial charge in [-0.2, -0.15) is 0 Å². The van der Waals surface area contributed by atoms with Crippen LogP contribution in [0.3, 0.4) is 0 Å². The molecule has 0 aromatic heterocycles. The molecule has 0 rings (SSSR count). The summed E-state index contributed by atoms with van der Waals surface area (Å²) in [6, 6.07) is 0. The molecule has 3 heteroatoms. The van der Waals surface area contributed by atoms with Gasteiger partial charge in [-0.1, -0.05) is 18.8 Å². The van der Waals surface area contributed by atoms with Crippen LogP contribution in [0, 0.1) is 23.7 Å². The molecule has 0 aliphatic rings. The highest BCUT2D eigenvalue weighted by Gasteiger charge is 1.88. The zero-order valence-corrected chi connectivity index (χ0v) is 7.24. The van der Waals surface area contributed by atoms with E-state index >= 15 is 0 Å². The average Bonchev–Trinajstić information content (AvgIpc) is 2.10. The number of carboxylic acid groups (broad SMARTS) is 1. The summed E-state index contributed by atoms with van der Waals surface area (Å²) in [6.45, 7) is 1.80. The van der Waals surface area contributed by atoms with E-state index < -0.39 is 12.1 Å². The molecule has 0 aromatic rings. The van der Waals surface area contributed by atoms with Gasteiger partial charge in [-0.25, -0.2) is 4.79 Å². The first-order valence-corrected chi connectivity index (χ1v) is 3.75. The molecule has 0 aliphatic heterocycles. The number of aliphatic carboxylic acids is 1. The number of aliphatic hydroxyl groups excluding tert-OH is 1. The van der Waals surface area contributed by atoms with Gasteiger partial charge >= 0.3 is 5.97 Å². The minimum atomic E-state index is -1.05. The van der Waals surface area contributed by atoms with Crippen molar-refractivity contribution in [2.45, 2.75) is 19.4 Å². The Balaban J connectivity index is 3.97. The van der Waals surface area contributed by atoms with Crippen molar-refractivity contribution in [3.05, 3.63) is 12.2 Å². The van der Waals surface area contributed by atoms with Crippen molar-refractivity contribution >= 4 is 5.97 Å². The Bertz CT molecular complexity index is 307. The lowest BCUT2D eigenvalue weighted by Gasteiger charge is -1.91. The number of allylic oxidation sites excluding steroid dienone is 1. The maximum Gasteiger partial charge on any atom is 0.328 e. The standard InChI is InChI=1S/C10H10O3/c1-2-9(11)7-5-3-4-6-8-10(12)13/h6,8-9,11H,2H2,1H3,(H,12,13)/b8-6+/t9-/m0/s1. The van der Waals surface area contributed by atoms with Gasteiger partial charge in [0.15, 0.2) is 0 Å². The van der Waals surface area contributed by atoms with Crippen LogP contribution in [0.4, 0.5) is 0 Å². The van der Waals surface area contributed by atoms with Crippen molar-refractivity contribution in [3.63, 3.8) is 0 Å². The third-order valence-corrected chi connectivity index (χ3v) is 1.07. The Labute approximate surface area is 77.1 Å². The minimum absolute atomic E-state index is 0.555. The first kappa shape index (κ1) is 11.3. The van der Waals surface area contributed by atoms with Crippen molar-refractivity contribution in [1.29, 1.82) is 0 Å². The van der Waals surface area contributed by atoms with Crippen LogP contribution in [0.5, 0.6) is 0 Å². The molecule has 0 heterocycles. The van der Waals surface area contributed by atoms with Crippen LogP contribution < -0.4 is 0 Å². The van der Waals surface area contributed by atoms with Gasteiger partial charge in [0.05, 0.1) is 0 Å². The summed E-state index contributed by atoms with van der Waals surface area (Å²) in [6.07, 6.45) is 2.01. The normalized spacial score (nSPS) is 10.9. The molecule has 0 aliphatic carbocycles. The van der Waals surface area contributed by atoms with Crippen LogP contribution in [0.1, 0.15) is 13.3 Å². The second kappa shape index (κ2) is 6.97. The average molecular weight is 178 g/mol. The summed E-state index contributed by atoms with van der Waals surface area (Å²) in [5.74, 6) is 8.61. The van der Waals surface area contributed by atoms with E-state index in [9.17, 15) is 4.79 Å². The Morgan fingerprint density at radius 2 is 2.23 bits per heavy atom. The highest BCUT2D eigenvalue weighted by atomic mass is 16.4. The van der Waals surface area contributed by atoms with Gasteiger partial charge < -0.3 is 10.2 Å². The number of aliphatic hydroxyl groups is 1. The Kier molecular flexibility index (Phi) is 6.05. The highest BCUT2D eigenvalue weighted by Crippen LogP contribution is 1.83. The molecule has 0 aromatic carbocycles. The molecule has 0 radical (unpaired) electrons. The fourth-order valence-corrected chi connectivity index (χ4v) is 0.412. The minimum Gasteiger partial charge on any atom is -0.478 e. The quantitative estimate of drug-likeness (QED) is 0.475. The van der Waals surface area contributed by atoms with Gasteiger partial charge in [-0.15, -0.1) is 0 Å². The van der Waals surface area contributed by atoms with Gasteiger partial charge in [0.1, 0.15) is 6.10 Å². The second-order valence-electron chi connectivity index (χ2n) is 2.13. The summed E-state index contributed by atoms with van der Waals surface area (Å²) in [4.78, 5) is 9.96. The molecule has 0 amide bonds. The topological polar surface area (TPSA) is 57.5 Å². The second-order valence-corrected chi connectivity index (χ2v) is 2.13. The van der Waals surface area contributed by atoms with E-state index in [1.165, 1.54) is 6.08 Å². The lowest BCUT2D eigenvalue weighted by Crippen LogP contribution is -1.98. The van der Waals surface area contributed by atoms with Gasteiger partial charge in [-0.05, 0) is 24.3 Å². The maximum absolute atomic E-state index is 9.96. The largest absolute Gasteiger partial charge is 0.478 e. The molecule has 68 valence electrons. The highest BCUT2D eigenvalue weighted by molar-refractivity contribution is 5.80. The molecular formula is C10H10O3. The van der Waals surface area contributed by atoms with E-state index in [0.717, 1.165) is 6.08 Å². The van der Waals surface area contributed by atoms with E-state index in [0.29, 0.717) is 6.42 Å². The molecule has 13 heavy (non-hydrogen) atoms. The zero-order valence-electron chi connectivity index (χ0n) is 7.24. The molecule has 0 saturated heterocycles. The monoisotopic (exact) mass is 178 g/mol. The Morgan fingerprint density at radius 3 is 2.77 bits per heavy atom. The predicted molar refractivity (Wildman–Crippen MR) is 48.6 cm³/mol. The van der Waals surface area contributed by atoms with Crippen LogP contribution in [-0.4, -0.2) is 22.3 Å². The summed E-state index contributed by atoms with van der Waals surface area (Å²) in [5.41, 5.74) is 0. The van der Waals surface area contributed by atoms with E-state index in [1.54, 1.807) is 6.92 Å². The lowest BCUT2D eigenvalue weighted by molar-refractivity contribution is -0.131. The van der Waals surface area contributed by atoms with Gasteiger partial charge in [0.2, 0.25) is 0 Å². The number of carboxylic acids is 1. The van der Waals surface area contributed by atoms with Crippen LogP contribution in [0.25, 0.3) is 0 Å². The molecule has 0 fully saturated rings. The van der Waals surface area contributed by atoms with Crippen molar-refractivity contribution < 1.29 is 15.0 Å². The molecule has 0 bridgehead atoms. The molecule has 0 saturated carbocycles. The summed E-state index contributed by atoms with van der Waals surface area (Å²) < 4.78 is 0. The lowest BCUT2D eigenvalue weighted by atomic mass is 10.3. The SMILES string of the molecule is CC[C@H](O)C#CC#C/C=C/C(=O)O. The number of hydrogen-bond donors (Lipinski definition) is 2. The molecule has 2 N–H and O–H groups in total. The number of carbonyl (C=O) groups is 1. The Hall–Kier alpha value is -1.71. The molecule has 3 nitrogen and oxygen atoms in total. The van der Waals surface area contributed by atoms with Crippen molar-refractivity contribution in [3.8, 4) is 23.7 Å². The van der Waals surface area contributed by atoms with Gasteiger partial charge in [-0.3, -0.25) is 0 Å². The van der Waals surface area contributed by atoms with E-state index in [4.69, 9.17) is 10.2 Å². The van der Waals surface area contributed by atoms with Gasteiger partial charge in [0.25, 0.3) is 0 Å². The third kappa shape index (κ3) is 8.19. The molecule has 0 unspecified atom stereocenters. The fourth-order valence-electron chi connectivity index (χ4n) is 0.412. The summed E-state index contributed by atoms with van der Waals surface area (Å²) >= 11 is 0. The first-order valence-electron chi connectivity index (χ1n) is 3.75. The van der Waals surface area contributed by atoms with Crippen LogP contribution in [0.2, 0.25) is 0 Å². The van der Waals surface area contributed by atoms with E-state index in [1.807, 2.05) is 0 Å².